The smallest absolute Gasteiger partial charge is 0.331 e. The Bertz CT molecular complexity index is 1170. The number of nitrogens with zero attached hydrogens (tertiary/aromatic N) is 4. The number of benzene rings is 1. The molecule has 0 radical (unpaired) electrons. The number of aryl methyl sites for hydroxylation is 2. The summed E-state index contributed by atoms with van der Waals surface area (Å²) in [4.78, 5) is 12.0. The molecule has 152 valence electrons. The van der Waals surface area contributed by atoms with Crippen molar-refractivity contribution in [2.45, 2.75) is 27.0 Å². The van der Waals surface area contributed by atoms with Crippen molar-refractivity contribution in [2.75, 3.05) is 0 Å². The molecule has 0 saturated heterocycles. The van der Waals surface area contributed by atoms with Gasteiger partial charge in [0.05, 0.1) is 18.3 Å². The molecule has 0 aliphatic rings. The van der Waals surface area contributed by atoms with Crippen LogP contribution in [0.4, 0.5) is 0 Å². The number of hydrogen-bond acceptors (Lipinski definition) is 7. The summed E-state index contributed by atoms with van der Waals surface area (Å²) < 4.78 is 18.0. The van der Waals surface area contributed by atoms with E-state index in [1.165, 1.54) is 6.08 Å². The minimum absolute atomic E-state index is 0.112. The van der Waals surface area contributed by atoms with E-state index in [4.69, 9.17) is 13.6 Å². The largest absolute Gasteiger partial charge is 0.466 e. The number of ether oxygens (including phenoxy) is 1. The Hall–Kier alpha value is -3.94. The zero-order chi connectivity index (χ0) is 20.9. The first-order chi connectivity index (χ1) is 14.6. The summed E-state index contributed by atoms with van der Waals surface area (Å²) in [6, 6.07) is 11.8. The maximum Gasteiger partial charge on any atom is 0.331 e. The van der Waals surface area contributed by atoms with E-state index in [1.807, 2.05) is 56.4 Å². The fourth-order valence-electron chi connectivity index (χ4n) is 2.93. The van der Waals surface area contributed by atoms with E-state index in [2.05, 4.69) is 15.3 Å². The van der Waals surface area contributed by atoms with Crippen molar-refractivity contribution in [2.24, 2.45) is 0 Å². The van der Waals surface area contributed by atoms with E-state index >= 15 is 0 Å². The molecule has 8 nitrogen and oxygen atoms in total. The summed E-state index contributed by atoms with van der Waals surface area (Å²) in [5.41, 5.74) is 2.67. The standard InChI is InChI=1S/C22H20N4O4/c1-15-10-19(16(2)29-15)22-25-24-20(30-22)14-28-21(27)9-8-18-11-23-26(13-18)12-17-6-4-3-5-7-17/h3-11,13H,12,14H2,1-2H3/b9-8+. The van der Waals surface area contributed by atoms with Crippen LogP contribution < -0.4 is 0 Å². The number of rotatable bonds is 7. The van der Waals surface area contributed by atoms with Gasteiger partial charge in [0.2, 0.25) is 0 Å². The lowest BCUT2D eigenvalue weighted by atomic mass is 10.2. The Kier molecular flexibility index (Phi) is 5.56. The highest BCUT2D eigenvalue weighted by molar-refractivity contribution is 5.86. The lowest BCUT2D eigenvalue weighted by molar-refractivity contribution is -0.139. The van der Waals surface area contributed by atoms with Crippen molar-refractivity contribution in [1.29, 1.82) is 0 Å². The molecule has 4 rings (SSSR count). The molecule has 0 amide bonds. The minimum Gasteiger partial charge on any atom is -0.466 e. The molecule has 1 aromatic carbocycles. The molecule has 0 N–H and O–H groups in total. The van der Waals surface area contributed by atoms with Gasteiger partial charge in [-0.15, -0.1) is 10.2 Å². The summed E-state index contributed by atoms with van der Waals surface area (Å²) in [7, 11) is 0. The van der Waals surface area contributed by atoms with Crippen LogP contribution in [0.15, 0.2) is 63.7 Å². The van der Waals surface area contributed by atoms with Crippen LogP contribution in [0.3, 0.4) is 0 Å². The first-order valence-electron chi connectivity index (χ1n) is 9.38. The Balaban J connectivity index is 1.30. The predicted molar refractivity (Wildman–Crippen MR) is 108 cm³/mol. The molecule has 3 heterocycles. The molecule has 0 fully saturated rings. The van der Waals surface area contributed by atoms with E-state index in [-0.39, 0.29) is 12.5 Å². The van der Waals surface area contributed by atoms with Crippen LogP contribution in [-0.4, -0.2) is 25.9 Å². The van der Waals surface area contributed by atoms with Gasteiger partial charge >= 0.3 is 5.97 Å². The molecule has 0 bridgehead atoms. The summed E-state index contributed by atoms with van der Waals surface area (Å²) in [6.07, 6.45) is 6.53. The SMILES string of the molecule is Cc1cc(-c2nnc(COC(=O)/C=C/c3cnn(Cc4ccccc4)c3)o2)c(C)o1. The first-order valence-corrected chi connectivity index (χ1v) is 9.38. The van der Waals surface area contributed by atoms with E-state index in [1.54, 1.807) is 17.0 Å². The molecule has 0 aliphatic carbocycles. The van der Waals surface area contributed by atoms with Crippen LogP contribution in [0.25, 0.3) is 17.5 Å². The summed E-state index contributed by atoms with van der Waals surface area (Å²) in [6.45, 7) is 4.21. The van der Waals surface area contributed by atoms with Crippen molar-refractivity contribution in [3.8, 4) is 11.5 Å². The average molecular weight is 404 g/mol. The van der Waals surface area contributed by atoms with E-state index in [9.17, 15) is 4.79 Å². The number of carbonyl (C=O) groups excluding carboxylic acids is 1. The van der Waals surface area contributed by atoms with Crippen LogP contribution >= 0.6 is 0 Å². The molecular formula is C22H20N4O4. The van der Waals surface area contributed by atoms with Gasteiger partial charge in [-0.1, -0.05) is 30.3 Å². The second-order valence-corrected chi connectivity index (χ2v) is 6.73. The fraction of sp³-hybridized carbons (Fsp3) is 0.182. The van der Waals surface area contributed by atoms with Gasteiger partial charge in [0.15, 0.2) is 6.61 Å². The van der Waals surface area contributed by atoms with Gasteiger partial charge in [0.1, 0.15) is 11.5 Å². The third kappa shape index (κ3) is 4.72. The van der Waals surface area contributed by atoms with Crippen molar-refractivity contribution in [3.05, 3.63) is 83.4 Å². The van der Waals surface area contributed by atoms with Crippen molar-refractivity contribution >= 4 is 12.0 Å². The number of furan rings is 1. The molecule has 30 heavy (non-hydrogen) atoms. The minimum atomic E-state index is -0.513. The Labute approximate surface area is 172 Å². The zero-order valence-electron chi connectivity index (χ0n) is 16.6. The van der Waals surface area contributed by atoms with Crippen LogP contribution in [0, 0.1) is 13.8 Å². The summed E-state index contributed by atoms with van der Waals surface area (Å²) in [5, 5.41) is 12.2. The number of carbonyl (C=O) groups is 1. The van der Waals surface area contributed by atoms with Crippen molar-refractivity contribution in [3.63, 3.8) is 0 Å². The van der Waals surface area contributed by atoms with Gasteiger partial charge in [-0.25, -0.2) is 4.79 Å². The number of esters is 1. The van der Waals surface area contributed by atoms with Crippen molar-refractivity contribution in [1.82, 2.24) is 20.0 Å². The van der Waals surface area contributed by atoms with Gasteiger partial charge in [-0.2, -0.15) is 5.10 Å². The van der Waals surface area contributed by atoms with Gasteiger partial charge in [0, 0.05) is 17.8 Å². The van der Waals surface area contributed by atoms with Crippen LogP contribution in [0.2, 0.25) is 0 Å². The molecule has 0 atom stereocenters. The molecule has 0 unspecified atom stereocenters. The van der Waals surface area contributed by atoms with Crippen LogP contribution in [0.5, 0.6) is 0 Å². The molecule has 8 heteroatoms. The van der Waals surface area contributed by atoms with Gasteiger partial charge in [-0.3, -0.25) is 4.68 Å². The Morgan fingerprint density at radius 2 is 2.00 bits per heavy atom. The average Bonchev–Trinajstić information content (AvgIpc) is 3.46. The second kappa shape index (κ2) is 8.60. The summed E-state index contributed by atoms with van der Waals surface area (Å²) in [5.74, 6) is 1.47. The molecule has 3 aromatic heterocycles. The maximum absolute atomic E-state index is 12.0. The summed E-state index contributed by atoms with van der Waals surface area (Å²) >= 11 is 0. The first kappa shape index (κ1) is 19.4. The molecule has 0 aliphatic heterocycles. The lowest BCUT2D eigenvalue weighted by Gasteiger charge is -2.00. The van der Waals surface area contributed by atoms with Crippen molar-refractivity contribution < 1.29 is 18.4 Å². The zero-order valence-corrected chi connectivity index (χ0v) is 16.6. The molecular weight excluding hydrogens is 384 g/mol. The highest BCUT2D eigenvalue weighted by atomic mass is 16.5. The predicted octanol–water partition coefficient (Wildman–Crippen LogP) is 3.95. The highest BCUT2D eigenvalue weighted by Gasteiger charge is 2.15. The molecule has 0 spiro atoms. The topological polar surface area (TPSA) is 96.2 Å². The fourth-order valence-corrected chi connectivity index (χ4v) is 2.93. The third-order valence-corrected chi connectivity index (χ3v) is 4.33. The Morgan fingerprint density at radius 3 is 2.77 bits per heavy atom. The van der Waals surface area contributed by atoms with Gasteiger partial charge < -0.3 is 13.6 Å². The Morgan fingerprint density at radius 1 is 1.17 bits per heavy atom. The monoisotopic (exact) mass is 404 g/mol. The number of hydrogen-bond donors (Lipinski definition) is 0. The highest BCUT2D eigenvalue weighted by Crippen LogP contribution is 2.25. The van der Waals surface area contributed by atoms with E-state index in [0.717, 1.165) is 22.5 Å². The van der Waals surface area contributed by atoms with Crippen LogP contribution in [-0.2, 0) is 22.7 Å². The van der Waals surface area contributed by atoms with E-state index < -0.39 is 5.97 Å². The third-order valence-electron chi connectivity index (χ3n) is 4.33. The van der Waals surface area contributed by atoms with Crippen LogP contribution in [0.1, 0.15) is 28.5 Å². The molecule has 0 saturated carbocycles. The molecule has 4 aromatic rings. The lowest BCUT2D eigenvalue weighted by Crippen LogP contribution is -2.01. The van der Waals surface area contributed by atoms with E-state index in [0.29, 0.717) is 18.2 Å². The maximum atomic E-state index is 12.0. The quantitative estimate of drug-likeness (QED) is 0.340. The normalized spacial score (nSPS) is 11.3. The second-order valence-electron chi connectivity index (χ2n) is 6.73. The van der Waals surface area contributed by atoms with Gasteiger partial charge in [0.25, 0.3) is 11.8 Å². The van der Waals surface area contributed by atoms with Gasteiger partial charge in [-0.05, 0) is 31.6 Å². The number of aromatic nitrogens is 4.